The summed E-state index contributed by atoms with van der Waals surface area (Å²) in [6.45, 7) is 3.09. The molecule has 1 aliphatic heterocycles. The van der Waals surface area contributed by atoms with Crippen molar-refractivity contribution in [1.82, 2.24) is 9.97 Å². The van der Waals surface area contributed by atoms with Crippen molar-refractivity contribution >= 4 is 40.5 Å². The van der Waals surface area contributed by atoms with Crippen LogP contribution in [0.5, 0.6) is 5.75 Å². The van der Waals surface area contributed by atoms with Gasteiger partial charge in [-0.2, -0.15) is 4.98 Å². The molecule has 6 rings (SSSR count). The van der Waals surface area contributed by atoms with E-state index in [9.17, 15) is 4.79 Å². The van der Waals surface area contributed by atoms with Gasteiger partial charge >= 0.3 is 0 Å². The fourth-order valence-electron chi connectivity index (χ4n) is 5.23. The molecule has 1 fully saturated rings. The Morgan fingerprint density at radius 2 is 1.71 bits per heavy atom. The first-order chi connectivity index (χ1) is 18.6. The molecule has 0 amide bonds. The van der Waals surface area contributed by atoms with Gasteiger partial charge in [-0.25, -0.2) is 4.98 Å². The Morgan fingerprint density at radius 1 is 0.947 bits per heavy atom. The molecule has 0 radical (unpaired) electrons. The Labute approximate surface area is 226 Å². The van der Waals surface area contributed by atoms with Crippen LogP contribution in [0.3, 0.4) is 0 Å². The number of ether oxygens (including phenoxy) is 1. The van der Waals surface area contributed by atoms with Gasteiger partial charge in [0.2, 0.25) is 5.95 Å². The molecule has 0 bridgehead atoms. The number of methoxy groups -OCH3 is 1. The molecule has 0 spiro atoms. The van der Waals surface area contributed by atoms with Gasteiger partial charge in [0.25, 0.3) is 0 Å². The van der Waals surface area contributed by atoms with Gasteiger partial charge in [0.1, 0.15) is 17.3 Å². The number of piperazine rings is 1. The normalized spacial score (nSPS) is 17.3. The number of nitrogens with zero attached hydrogens (tertiary/aromatic N) is 4. The zero-order chi connectivity index (χ0) is 26.1. The molecule has 194 valence electrons. The molecule has 2 aromatic heterocycles. The zero-order valence-corrected chi connectivity index (χ0v) is 21.8. The summed E-state index contributed by atoms with van der Waals surface area (Å²) in [7, 11) is 1.70. The van der Waals surface area contributed by atoms with Gasteiger partial charge in [0, 0.05) is 55.6 Å². The number of Topliss-reactive ketones (excluding diaryl/α,β-unsaturated/α-hetero) is 1. The van der Waals surface area contributed by atoms with Crippen LogP contribution in [0, 0.1) is 0 Å². The molecule has 1 aliphatic carbocycles. The number of fused-ring (bicyclic) bond motifs is 1. The number of hydrogen-bond donors (Lipinski definition) is 1. The molecule has 9 heteroatoms. The minimum atomic E-state index is -0.0430. The number of carbonyl (C=O) groups is 1. The van der Waals surface area contributed by atoms with E-state index in [2.05, 4.69) is 21.2 Å². The third-order valence-electron chi connectivity index (χ3n) is 7.16. The number of rotatable bonds is 6. The van der Waals surface area contributed by atoms with Crippen LogP contribution in [0.1, 0.15) is 34.2 Å². The van der Waals surface area contributed by atoms with Crippen LogP contribution in [0.4, 0.5) is 23.1 Å². The van der Waals surface area contributed by atoms with Crippen LogP contribution in [0.2, 0.25) is 5.02 Å². The first-order valence-electron chi connectivity index (χ1n) is 12.7. The molecule has 4 aromatic rings. The van der Waals surface area contributed by atoms with Crippen molar-refractivity contribution in [3.8, 4) is 5.75 Å². The summed E-state index contributed by atoms with van der Waals surface area (Å²) in [5, 5.41) is 4.01. The summed E-state index contributed by atoms with van der Waals surface area (Å²) in [5.74, 6) is 2.79. The number of carbonyl (C=O) groups excluding carboxylic acids is 1. The van der Waals surface area contributed by atoms with Crippen molar-refractivity contribution in [3.05, 3.63) is 89.0 Å². The molecule has 0 saturated carbocycles. The van der Waals surface area contributed by atoms with Crippen molar-refractivity contribution < 1.29 is 13.9 Å². The molecule has 3 heterocycles. The maximum atomic E-state index is 13.4. The van der Waals surface area contributed by atoms with Gasteiger partial charge < -0.3 is 24.3 Å². The second kappa shape index (κ2) is 10.4. The molecule has 2 aliphatic rings. The highest BCUT2D eigenvalue weighted by Crippen LogP contribution is 2.37. The summed E-state index contributed by atoms with van der Waals surface area (Å²) in [4.78, 5) is 27.7. The Balaban J connectivity index is 1.31. The molecule has 1 saturated heterocycles. The number of benzene rings is 2. The number of anilines is 4. The van der Waals surface area contributed by atoms with E-state index < -0.39 is 0 Å². The van der Waals surface area contributed by atoms with Gasteiger partial charge in [-0.3, -0.25) is 4.79 Å². The summed E-state index contributed by atoms with van der Waals surface area (Å²) >= 11 is 6.09. The van der Waals surface area contributed by atoms with Gasteiger partial charge in [-0.05, 0) is 48.5 Å². The predicted molar refractivity (Wildman–Crippen MR) is 148 cm³/mol. The van der Waals surface area contributed by atoms with Crippen molar-refractivity contribution in [2.75, 3.05) is 48.4 Å². The van der Waals surface area contributed by atoms with Gasteiger partial charge in [0.15, 0.2) is 5.78 Å². The highest BCUT2D eigenvalue weighted by molar-refractivity contribution is 6.30. The van der Waals surface area contributed by atoms with Gasteiger partial charge in [-0.15, -0.1) is 0 Å². The lowest BCUT2D eigenvalue weighted by atomic mass is 9.84. The van der Waals surface area contributed by atoms with Crippen molar-refractivity contribution in [1.29, 1.82) is 0 Å². The first kappa shape index (κ1) is 24.3. The van der Waals surface area contributed by atoms with Gasteiger partial charge in [-0.1, -0.05) is 23.7 Å². The number of para-hydroxylation sites is 2. The molecular weight excluding hydrogens is 502 g/mol. The number of furan rings is 1. The highest BCUT2D eigenvalue weighted by Gasteiger charge is 2.33. The third-order valence-corrected chi connectivity index (χ3v) is 7.42. The molecule has 2 aromatic carbocycles. The minimum absolute atomic E-state index is 0.0108. The zero-order valence-electron chi connectivity index (χ0n) is 21.1. The molecule has 8 nitrogen and oxygen atoms in total. The van der Waals surface area contributed by atoms with Crippen LogP contribution >= 0.6 is 11.6 Å². The first-order valence-corrected chi connectivity index (χ1v) is 13.1. The standard InChI is InChI=1S/C29H28ClN5O3/c1-37-26-6-3-2-5-23(26)34-12-14-35(15-13-34)29-32-22-17-19(25-7-4-16-38-25)18-24(36)27(22)28(33-29)31-21-10-8-20(30)9-11-21/h2-11,16,19H,12-15,17-18H2,1H3,(H,31,32,33). The van der Waals surface area contributed by atoms with Crippen LogP contribution in [-0.2, 0) is 6.42 Å². The summed E-state index contributed by atoms with van der Waals surface area (Å²) < 4.78 is 11.2. The Kier molecular flexibility index (Phi) is 6.64. The molecular formula is C29H28ClN5O3. The number of nitrogens with one attached hydrogen (secondary N) is 1. The maximum absolute atomic E-state index is 13.4. The minimum Gasteiger partial charge on any atom is -0.495 e. The molecule has 1 unspecified atom stereocenters. The van der Waals surface area contributed by atoms with Crippen LogP contribution < -0.4 is 19.9 Å². The average molecular weight is 530 g/mol. The SMILES string of the molecule is COc1ccccc1N1CCN(c2nc3c(c(Nc4ccc(Cl)cc4)n2)C(=O)CC(c2ccco2)C3)CC1. The lowest BCUT2D eigenvalue weighted by molar-refractivity contribution is 0.0959. The topological polar surface area (TPSA) is 83.7 Å². The number of halogens is 1. The molecule has 1 N–H and O–H groups in total. The number of ketones is 1. The Morgan fingerprint density at radius 3 is 2.45 bits per heavy atom. The largest absolute Gasteiger partial charge is 0.495 e. The predicted octanol–water partition coefficient (Wildman–Crippen LogP) is 5.71. The second-order valence-electron chi connectivity index (χ2n) is 9.52. The van der Waals surface area contributed by atoms with E-state index in [1.807, 2.05) is 54.6 Å². The highest BCUT2D eigenvalue weighted by atomic mass is 35.5. The van der Waals surface area contributed by atoms with E-state index in [0.717, 1.165) is 54.8 Å². The molecule has 1 atom stereocenters. The second-order valence-corrected chi connectivity index (χ2v) is 9.95. The van der Waals surface area contributed by atoms with E-state index in [1.165, 1.54) is 0 Å². The van der Waals surface area contributed by atoms with E-state index in [0.29, 0.717) is 35.2 Å². The monoisotopic (exact) mass is 529 g/mol. The van der Waals surface area contributed by atoms with Gasteiger partial charge in [0.05, 0.1) is 30.3 Å². The lowest BCUT2D eigenvalue weighted by Crippen LogP contribution is -2.47. The fraction of sp³-hybridized carbons (Fsp3) is 0.276. The maximum Gasteiger partial charge on any atom is 0.227 e. The van der Waals surface area contributed by atoms with Crippen molar-refractivity contribution in [2.24, 2.45) is 0 Å². The average Bonchev–Trinajstić information content (AvgIpc) is 3.49. The molecule has 38 heavy (non-hydrogen) atoms. The van der Waals surface area contributed by atoms with Crippen LogP contribution in [0.15, 0.2) is 71.3 Å². The fourth-order valence-corrected chi connectivity index (χ4v) is 5.36. The number of hydrogen-bond acceptors (Lipinski definition) is 8. The third kappa shape index (κ3) is 4.79. The summed E-state index contributed by atoms with van der Waals surface area (Å²) in [5.41, 5.74) is 3.19. The van der Waals surface area contributed by atoms with E-state index >= 15 is 0 Å². The Hall–Kier alpha value is -4.04. The van der Waals surface area contributed by atoms with E-state index in [1.54, 1.807) is 13.4 Å². The quantitative estimate of drug-likeness (QED) is 0.340. The smallest absolute Gasteiger partial charge is 0.227 e. The van der Waals surface area contributed by atoms with E-state index in [4.69, 9.17) is 30.7 Å². The summed E-state index contributed by atoms with van der Waals surface area (Å²) in [6.07, 6.45) is 2.62. The Bertz CT molecular complexity index is 1430. The van der Waals surface area contributed by atoms with Crippen LogP contribution in [-0.4, -0.2) is 49.0 Å². The van der Waals surface area contributed by atoms with E-state index in [-0.39, 0.29) is 11.7 Å². The van der Waals surface area contributed by atoms with Crippen molar-refractivity contribution in [3.63, 3.8) is 0 Å². The van der Waals surface area contributed by atoms with Crippen LogP contribution in [0.25, 0.3) is 0 Å². The lowest BCUT2D eigenvalue weighted by Gasteiger charge is -2.37. The van der Waals surface area contributed by atoms with Crippen molar-refractivity contribution in [2.45, 2.75) is 18.8 Å². The summed E-state index contributed by atoms with van der Waals surface area (Å²) in [6, 6.07) is 19.2. The number of aromatic nitrogens is 2.